The van der Waals surface area contributed by atoms with Gasteiger partial charge in [-0.15, -0.1) is 0 Å². The Morgan fingerprint density at radius 3 is 2.55 bits per heavy atom. The van der Waals surface area contributed by atoms with Gasteiger partial charge in [0.15, 0.2) is 0 Å². The van der Waals surface area contributed by atoms with Crippen molar-refractivity contribution in [3.63, 3.8) is 0 Å². The zero-order valence-electron chi connectivity index (χ0n) is 22.3. The molecule has 0 unspecified atom stereocenters. The van der Waals surface area contributed by atoms with Crippen molar-refractivity contribution in [2.45, 2.75) is 13.3 Å². The Balaban J connectivity index is 1.64. The summed E-state index contributed by atoms with van der Waals surface area (Å²) in [6.07, 6.45) is -0.258. The van der Waals surface area contributed by atoms with E-state index in [1.54, 1.807) is 41.9 Å². The number of halogens is 3. The molecule has 5 aromatic rings. The quantitative estimate of drug-likeness (QED) is 0.213. The van der Waals surface area contributed by atoms with Gasteiger partial charge in [-0.3, -0.25) is 4.79 Å². The van der Waals surface area contributed by atoms with Crippen molar-refractivity contribution < 1.29 is 22.7 Å². The van der Waals surface area contributed by atoms with Gasteiger partial charge in [-0.25, -0.2) is 23.1 Å². The number of anilines is 2. The third-order valence-electron chi connectivity index (χ3n) is 6.46. The molecule has 0 aliphatic heterocycles. The summed E-state index contributed by atoms with van der Waals surface area (Å²) in [6.45, 7) is 5.12. The van der Waals surface area contributed by atoms with Gasteiger partial charge in [-0.05, 0) is 48.9 Å². The predicted octanol–water partition coefficient (Wildman–Crippen LogP) is 6.53. The van der Waals surface area contributed by atoms with E-state index in [9.17, 15) is 18.8 Å². The minimum Gasteiger partial charge on any atom is -0.424 e. The van der Waals surface area contributed by atoms with Crippen LogP contribution in [0.3, 0.4) is 0 Å². The SMILES string of the molecule is C=C(C)C(=O)Nc1ccc(-c2c(-c3ccc(Oc4nccc(C(F)F)n4)cc3)c3c(N)ncc(C#N)c3n2C)c(F)c1. The highest BCUT2D eigenvalue weighted by molar-refractivity contribution is 6.11. The first kappa shape index (κ1) is 27.9. The maximum atomic E-state index is 15.7. The molecule has 0 fully saturated rings. The highest BCUT2D eigenvalue weighted by atomic mass is 19.3. The molecule has 0 saturated carbocycles. The smallest absolute Gasteiger partial charge is 0.322 e. The number of amides is 1. The number of benzene rings is 2. The molecule has 0 saturated heterocycles. The number of fused-ring (bicyclic) bond motifs is 1. The third-order valence-corrected chi connectivity index (χ3v) is 6.46. The fourth-order valence-electron chi connectivity index (χ4n) is 4.53. The van der Waals surface area contributed by atoms with Gasteiger partial charge in [0.1, 0.15) is 29.1 Å². The van der Waals surface area contributed by atoms with Crippen LogP contribution in [0.2, 0.25) is 0 Å². The number of rotatable bonds is 7. The Morgan fingerprint density at radius 2 is 1.90 bits per heavy atom. The number of nitrogens with zero attached hydrogens (tertiary/aromatic N) is 5. The molecule has 0 aliphatic rings. The van der Waals surface area contributed by atoms with Crippen LogP contribution in [0.1, 0.15) is 24.6 Å². The number of carbonyl (C=O) groups is 1. The van der Waals surface area contributed by atoms with Gasteiger partial charge in [0.25, 0.3) is 12.3 Å². The fraction of sp³-hybridized carbons (Fsp3) is 0.100. The number of hydrogen-bond donors (Lipinski definition) is 2. The monoisotopic (exact) mass is 569 g/mol. The zero-order valence-corrected chi connectivity index (χ0v) is 22.3. The van der Waals surface area contributed by atoms with E-state index in [2.05, 4.69) is 32.9 Å². The molecule has 0 atom stereocenters. The van der Waals surface area contributed by atoms with Crippen LogP contribution in [-0.4, -0.2) is 25.4 Å². The van der Waals surface area contributed by atoms with E-state index in [1.165, 1.54) is 31.5 Å². The van der Waals surface area contributed by atoms with Crippen LogP contribution in [0, 0.1) is 17.1 Å². The van der Waals surface area contributed by atoms with Crippen molar-refractivity contribution in [3.05, 3.63) is 90.2 Å². The van der Waals surface area contributed by atoms with Crippen LogP contribution >= 0.6 is 0 Å². The number of nitrogens with one attached hydrogen (secondary N) is 1. The standard InChI is InChI=1S/C30H22F3N7O2/c1-15(2)29(41)38-18-6-9-20(21(31)12-18)26-23(24-25(40(26)3)17(13-34)14-37-28(24)35)16-4-7-19(8-5-16)42-30-36-11-10-22(39-30)27(32)33/h4-12,14,27H,1H2,2-3H3,(H2,35,37)(H,38,41). The highest BCUT2D eigenvalue weighted by Gasteiger charge is 2.25. The molecule has 0 radical (unpaired) electrons. The number of aryl methyl sites for hydroxylation is 1. The summed E-state index contributed by atoms with van der Waals surface area (Å²) in [6, 6.07) is 13.7. The van der Waals surface area contributed by atoms with Crippen molar-refractivity contribution in [2.75, 3.05) is 11.1 Å². The van der Waals surface area contributed by atoms with Crippen molar-refractivity contribution in [2.24, 2.45) is 7.05 Å². The van der Waals surface area contributed by atoms with E-state index >= 15 is 4.39 Å². The van der Waals surface area contributed by atoms with E-state index in [0.29, 0.717) is 27.7 Å². The van der Waals surface area contributed by atoms with E-state index in [1.807, 2.05) is 0 Å². The van der Waals surface area contributed by atoms with E-state index in [4.69, 9.17) is 10.5 Å². The van der Waals surface area contributed by atoms with E-state index < -0.39 is 23.8 Å². The Hall–Kier alpha value is -5.70. The van der Waals surface area contributed by atoms with Crippen LogP contribution < -0.4 is 15.8 Å². The van der Waals surface area contributed by atoms with Gasteiger partial charge < -0.3 is 20.4 Å². The third kappa shape index (κ3) is 5.11. The highest BCUT2D eigenvalue weighted by Crippen LogP contribution is 2.44. The lowest BCUT2D eigenvalue weighted by atomic mass is 9.97. The van der Waals surface area contributed by atoms with E-state index in [-0.39, 0.29) is 40.0 Å². The number of ether oxygens (including phenoxy) is 1. The Labute approximate surface area is 237 Å². The number of carbonyl (C=O) groups excluding carboxylic acids is 1. The van der Waals surface area contributed by atoms with Gasteiger partial charge in [0.05, 0.1) is 22.2 Å². The Morgan fingerprint density at radius 1 is 1.17 bits per heavy atom. The molecule has 9 nitrogen and oxygen atoms in total. The molecule has 3 heterocycles. The minimum atomic E-state index is -2.78. The number of nitrogens with two attached hydrogens (primary N) is 1. The van der Waals surface area contributed by atoms with Gasteiger partial charge in [0.2, 0.25) is 0 Å². The lowest BCUT2D eigenvalue weighted by molar-refractivity contribution is -0.112. The fourth-order valence-corrected chi connectivity index (χ4v) is 4.53. The average Bonchev–Trinajstić information content (AvgIpc) is 3.27. The van der Waals surface area contributed by atoms with Crippen molar-refractivity contribution in [1.29, 1.82) is 5.26 Å². The normalized spacial score (nSPS) is 11.0. The molecule has 3 N–H and O–H groups in total. The first-order valence-electron chi connectivity index (χ1n) is 12.4. The number of pyridine rings is 1. The Kier molecular flexibility index (Phi) is 7.33. The summed E-state index contributed by atoms with van der Waals surface area (Å²) in [4.78, 5) is 23.8. The van der Waals surface area contributed by atoms with Crippen molar-refractivity contribution in [3.8, 4) is 40.2 Å². The van der Waals surface area contributed by atoms with Crippen molar-refractivity contribution in [1.82, 2.24) is 19.5 Å². The number of hydrogen-bond acceptors (Lipinski definition) is 7. The molecular formula is C30H22F3N7O2. The molecule has 1 amide bonds. The van der Waals surface area contributed by atoms with Crippen molar-refractivity contribution >= 4 is 28.3 Å². The van der Waals surface area contributed by atoms with Crippen LogP contribution in [0.4, 0.5) is 24.7 Å². The molecule has 42 heavy (non-hydrogen) atoms. The zero-order chi connectivity index (χ0) is 30.1. The second-order valence-electron chi connectivity index (χ2n) is 9.30. The summed E-state index contributed by atoms with van der Waals surface area (Å²) in [7, 11) is 1.68. The molecule has 3 aromatic heterocycles. The second-order valence-corrected chi connectivity index (χ2v) is 9.30. The molecule has 12 heteroatoms. The first-order chi connectivity index (χ1) is 20.1. The van der Waals surface area contributed by atoms with Gasteiger partial charge in [0, 0.05) is 41.8 Å². The minimum absolute atomic E-state index is 0.129. The molecule has 2 aromatic carbocycles. The second kappa shape index (κ2) is 11.1. The predicted molar refractivity (Wildman–Crippen MR) is 151 cm³/mol. The molecule has 210 valence electrons. The number of aromatic nitrogens is 4. The molecule has 0 bridgehead atoms. The van der Waals surface area contributed by atoms with Gasteiger partial charge in [-0.1, -0.05) is 18.7 Å². The summed E-state index contributed by atoms with van der Waals surface area (Å²) in [5, 5.41) is 12.8. The Bertz CT molecular complexity index is 1910. The topological polar surface area (TPSA) is 132 Å². The lowest BCUT2D eigenvalue weighted by Crippen LogP contribution is -2.12. The lowest BCUT2D eigenvalue weighted by Gasteiger charge is -2.12. The number of nitriles is 1. The molecule has 0 aliphatic carbocycles. The van der Waals surface area contributed by atoms with Crippen LogP contribution in [0.25, 0.3) is 33.3 Å². The average molecular weight is 570 g/mol. The largest absolute Gasteiger partial charge is 0.424 e. The maximum Gasteiger partial charge on any atom is 0.322 e. The van der Waals surface area contributed by atoms with Gasteiger partial charge >= 0.3 is 6.01 Å². The number of alkyl halides is 2. The molecular weight excluding hydrogens is 547 g/mol. The summed E-state index contributed by atoms with van der Waals surface area (Å²) in [5.41, 5.74) is 8.68. The number of nitrogen functional groups attached to an aromatic ring is 1. The van der Waals surface area contributed by atoms with Gasteiger partial charge in [-0.2, -0.15) is 10.2 Å². The first-order valence-corrected chi connectivity index (χ1v) is 12.4. The van der Waals surface area contributed by atoms with Crippen LogP contribution in [-0.2, 0) is 11.8 Å². The maximum absolute atomic E-state index is 15.7. The van der Waals surface area contributed by atoms with Crippen LogP contribution in [0.5, 0.6) is 11.8 Å². The van der Waals surface area contributed by atoms with E-state index in [0.717, 1.165) is 6.07 Å². The summed E-state index contributed by atoms with van der Waals surface area (Å²) in [5.74, 6) is -0.690. The van der Waals surface area contributed by atoms with Crippen LogP contribution in [0.15, 0.2) is 73.1 Å². The molecule has 5 rings (SSSR count). The molecule has 0 spiro atoms. The summed E-state index contributed by atoms with van der Waals surface area (Å²) < 4.78 is 49.0. The summed E-state index contributed by atoms with van der Waals surface area (Å²) >= 11 is 0.